The molecule has 0 radical (unpaired) electrons. The Morgan fingerprint density at radius 3 is 2.82 bits per heavy atom. The zero-order valence-corrected chi connectivity index (χ0v) is 14.1. The molecule has 0 atom stereocenters. The zero-order valence-electron chi connectivity index (χ0n) is 12.5. The molecule has 1 amide bonds. The second-order valence-corrected chi connectivity index (χ2v) is 6.91. The number of hydrogen-bond acceptors (Lipinski definition) is 7. The first-order valence-corrected chi connectivity index (χ1v) is 8.41. The van der Waals surface area contributed by atoms with E-state index in [2.05, 4.69) is 26.6 Å². The van der Waals surface area contributed by atoms with Gasteiger partial charge in [-0.2, -0.15) is 5.26 Å². The van der Waals surface area contributed by atoms with Gasteiger partial charge in [0.05, 0.1) is 5.56 Å². The van der Waals surface area contributed by atoms with Crippen LogP contribution < -0.4 is 5.32 Å². The van der Waals surface area contributed by atoms with E-state index in [-0.39, 0.29) is 5.91 Å². The van der Waals surface area contributed by atoms with Crippen LogP contribution in [0.5, 0.6) is 0 Å². The van der Waals surface area contributed by atoms with Gasteiger partial charge in [-0.3, -0.25) is 4.79 Å². The molecule has 0 aromatic carbocycles. The Hall–Kier alpha value is -1.98. The van der Waals surface area contributed by atoms with Crippen molar-refractivity contribution in [2.75, 3.05) is 11.1 Å². The summed E-state index contributed by atoms with van der Waals surface area (Å²) in [7, 11) is 0. The highest BCUT2D eigenvalue weighted by molar-refractivity contribution is 7.99. The van der Waals surface area contributed by atoms with E-state index in [1.807, 2.05) is 26.8 Å². The molecule has 2 aromatic heterocycles. The predicted octanol–water partition coefficient (Wildman–Crippen LogP) is 2.85. The topological polar surface area (TPSA) is 91.6 Å². The van der Waals surface area contributed by atoms with Crippen LogP contribution in [0.4, 0.5) is 5.13 Å². The van der Waals surface area contributed by atoms with Gasteiger partial charge in [-0.25, -0.2) is 4.98 Å². The number of pyridine rings is 1. The first-order valence-electron chi connectivity index (χ1n) is 6.60. The molecule has 114 valence electrons. The molecular weight excluding hydrogens is 318 g/mol. The third-order valence-corrected chi connectivity index (χ3v) is 4.49. The molecular formula is C14H15N5OS2. The van der Waals surface area contributed by atoms with Gasteiger partial charge in [0, 0.05) is 17.9 Å². The number of carbonyl (C=O) groups is 1. The summed E-state index contributed by atoms with van der Waals surface area (Å²) >= 11 is 2.76. The Morgan fingerprint density at radius 1 is 1.41 bits per heavy atom. The molecule has 2 aromatic rings. The van der Waals surface area contributed by atoms with Crippen molar-refractivity contribution in [3.8, 4) is 6.07 Å². The molecule has 1 N–H and O–H groups in total. The molecule has 0 fully saturated rings. The first-order chi connectivity index (χ1) is 10.5. The fourth-order valence-corrected chi connectivity index (χ4v) is 3.46. The molecule has 0 bridgehead atoms. The SMILES string of the molecule is Cc1cc(C)c(C#N)c(SCCC(=O)Nc2nnc(C)s2)n1. The molecule has 0 aliphatic heterocycles. The van der Waals surface area contributed by atoms with Gasteiger partial charge >= 0.3 is 0 Å². The maximum atomic E-state index is 11.8. The molecule has 0 unspecified atom stereocenters. The molecule has 0 aliphatic carbocycles. The van der Waals surface area contributed by atoms with Crippen LogP contribution in [0.3, 0.4) is 0 Å². The van der Waals surface area contributed by atoms with Crippen LogP contribution in [0, 0.1) is 32.1 Å². The molecule has 0 saturated carbocycles. The second kappa shape index (κ2) is 7.33. The number of rotatable bonds is 5. The van der Waals surface area contributed by atoms with Crippen LogP contribution in [0.25, 0.3) is 0 Å². The van der Waals surface area contributed by atoms with Crippen molar-refractivity contribution in [2.24, 2.45) is 0 Å². The Morgan fingerprint density at radius 2 is 2.18 bits per heavy atom. The van der Waals surface area contributed by atoms with Gasteiger partial charge in [0.1, 0.15) is 16.1 Å². The quantitative estimate of drug-likeness (QED) is 0.846. The number of nitrogens with one attached hydrogen (secondary N) is 1. The van der Waals surface area contributed by atoms with E-state index in [9.17, 15) is 10.1 Å². The van der Waals surface area contributed by atoms with Gasteiger partial charge in [-0.1, -0.05) is 11.3 Å². The van der Waals surface area contributed by atoms with Gasteiger partial charge in [0.2, 0.25) is 11.0 Å². The number of anilines is 1. The van der Waals surface area contributed by atoms with Crippen LogP contribution in [-0.4, -0.2) is 26.8 Å². The van der Waals surface area contributed by atoms with E-state index in [0.29, 0.717) is 27.9 Å². The first kappa shape index (κ1) is 16.4. The van der Waals surface area contributed by atoms with Gasteiger partial charge in [-0.15, -0.1) is 22.0 Å². The van der Waals surface area contributed by atoms with Gasteiger partial charge in [0.15, 0.2) is 0 Å². The van der Waals surface area contributed by atoms with Crippen LogP contribution in [0.1, 0.15) is 28.2 Å². The molecule has 22 heavy (non-hydrogen) atoms. The van der Waals surface area contributed by atoms with E-state index in [1.54, 1.807) is 0 Å². The summed E-state index contributed by atoms with van der Waals surface area (Å²) in [4.78, 5) is 16.2. The Kier molecular flexibility index (Phi) is 5.46. The highest BCUT2D eigenvalue weighted by Gasteiger charge is 2.11. The van der Waals surface area contributed by atoms with Crippen molar-refractivity contribution < 1.29 is 4.79 Å². The normalized spacial score (nSPS) is 10.3. The van der Waals surface area contributed by atoms with Crippen molar-refractivity contribution in [1.29, 1.82) is 5.26 Å². The lowest BCUT2D eigenvalue weighted by molar-refractivity contribution is -0.115. The maximum Gasteiger partial charge on any atom is 0.227 e. The fourth-order valence-electron chi connectivity index (χ4n) is 1.81. The minimum atomic E-state index is -0.119. The number of aryl methyl sites for hydroxylation is 3. The molecule has 2 heterocycles. The van der Waals surface area contributed by atoms with Crippen LogP contribution in [-0.2, 0) is 4.79 Å². The molecule has 8 heteroatoms. The monoisotopic (exact) mass is 333 g/mol. The summed E-state index contributed by atoms with van der Waals surface area (Å²) in [6, 6.07) is 4.05. The van der Waals surface area contributed by atoms with Crippen molar-refractivity contribution >= 4 is 34.1 Å². The van der Waals surface area contributed by atoms with Gasteiger partial charge in [0.25, 0.3) is 0 Å². The average Bonchev–Trinajstić information content (AvgIpc) is 2.83. The Bertz CT molecular complexity index is 735. The summed E-state index contributed by atoms with van der Waals surface area (Å²) in [5.74, 6) is 0.431. The lowest BCUT2D eigenvalue weighted by atomic mass is 10.1. The van der Waals surface area contributed by atoms with E-state index < -0.39 is 0 Å². The number of hydrogen-bond donors (Lipinski definition) is 1. The van der Waals surface area contributed by atoms with E-state index in [1.165, 1.54) is 23.1 Å². The number of carbonyl (C=O) groups excluding carboxylic acids is 1. The Labute approximate surface area is 137 Å². The predicted molar refractivity (Wildman–Crippen MR) is 87.0 cm³/mol. The molecule has 0 aliphatic rings. The standard InChI is InChI=1S/C14H15N5OS2/c1-8-6-9(2)16-13(11(8)7-15)21-5-4-12(20)17-14-19-18-10(3)22-14/h6H,4-5H2,1-3H3,(H,17,19,20). The fraction of sp³-hybridized carbons (Fsp3) is 0.357. The molecule has 0 saturated heterocycles. The number of thioether (sulfide) groups is 1. The van der Waals surface area contributed by atoms with Crippen LogP contribution in [0.2, 0.25) is 0 Å². The van der Waals surface area contributed by atoms with E-state index >= 15 is 0 Å². The van der Waals surface area contributed by atoms with E-state index in [0.717, 1.165) is 16.3 Å². The summed E-state index contributed by atoms with van der Waals surface area (Å²) in [5, 5.41) is 21.6. The van der Waals surface area contributed by atoms with Crippen molar-refractivity contribution in [3.05, 3.63) is 27.9 Å². The largest absolute Gasteiger partial charge is 0.301 e. The minimum absolute atomic E-state index is 0.119. The van der Waals surface area contributed by atoms with Crippen LogP contribution in [0.15, 0.2) is 11.1 Å². The van der Waals surface area contributed by atoms with E-state index in [4.69, 9.17) is 0 Å². The summed E-state index contributed by atoms with van der Waals surface area (Å²) in [6.07, 6.45) is 0.322. The van der Waals surface area contributed by atoms with Gasteiger partial charge < -0.3 is 5.32 Å². The second-order valence-electron chi connectivity index (χ2n) is 4.65. The zero-order chi connectivity index (χ0) is 16.1. The van der Waals surface area contributed by atoms with Crippen molar-refractivity contribution in [3.63, 3.8) is 0 Å². The highest BCUT2D eigenvalue weighted by Crippen LogP contribution is 2.24. The molecule has 2 rings (SSSR count). The maximum absolute atomic E-state index is 11.8. The summed E-state index contributed by atoms with van der Waals surface area (Å²) in [5.41, 5.74) is 2.36. The molecule has 6 nitrogen and oxygen atoms in total. The number of aromatic nitrogens is 3. The van der Waals surface area contributed by atoms with Crippen molar-refractivity contribution in [1.82, 2.24) is 15.2 Å². The van der Waals surface area contributed by atoms with Gasteiger partial charge in [-0.05, 0) is 32.4 Å². The average molecular weight is 333 g/mol. The smallest absolute Gasteiger partial charge is 0.227 e. The Balaban J connectivity index is 1.91. The number of nitrogens with zero attached hydrogens (tertiary/aromatic N) is 4. The van der Waals surface area contributed by atoms with Crippen molar-refractivity contribution in [2.45, 2.75) is 32.2 Å². The summed E-state index contributed by atoms with van der Waals surface area (Å²) in [6.45, 7) is 5.61. The number of amides is 1. The number of nitriles is 1. The van der Waals surface area contributed by atoms with Crippen LogP contribution >= 0.6 is 23.1 Å². The highest BCUT2D eigenvalue weighted by atomic mass is 32.2. The lowest BCUT2D eigenvalue weighted by Crippen LogP contribution is -2.12. The lowest BCUT2D eigenvalue weighted by Gasteiger charge is -2.07. The third-order valence-electron chi connectivity index (χ3n) is 2.76. The molecule has 0 spiro atoms. The minimum Gasteiger partial charge on any atom is -0.301 e. The third kappa shape index (κ3) is 4.26. The summed E-state index contributed by atoms with van der Waals surface area (Å²) < 4.78 is 0.